The maximum atomic E-state index is 5.55. The number of rotatable bonds is 7. The lowest BCUT2D eigenvalue weighted by molar-refractivity contribution is 0.0169. The summed E-state index contributed by atoms with van der Waals surface area (Å²) >= 11 is 1.81. The Kier molecular flexibility index (Phi) is 7.68. The van der Waals surface area contributed by atoms with Crippen LogP contribution in [0.1, 0.15) is 16.5 Å². The molecular formula is C21H30N4OS. The molecule has 3 rings (SSSR count). The zero-order chi connectivity index (χ0) is 18.9. The van der Waals surface area contributed by atoms with E-state index in [-0.39, 0.29) is 0 Å². The van der Waals surface area contributed by atoms with Gasteiger partial charge in [-0.3, -0.25) is 9.89 Å². The molecule has 2 heterocycles. The third kappa shape index (κ3) is 5.79. The molecule has 5 nitrogen and oxygen atoms in total. The first kappa shape index (κ1) is 19.9. The Hall–Kier alpha value is -1.89. The number of aliphatic imine (C=N–C) groups is 1. The number of ether oxygens (including phenoxy) is 1. The van der Waals surface area contributed by atoms with Gasteiger partial charge in [-0.25, -0.2) is 0 Å². The summed E-state index contributed by atoms with van der Waals surface area (Å²) in [5.41, 5.74) is 1.34. The van der Waals surface area contributed by atoms with Crippen molar-refractivity contribution in [1.82, 2.24) is 15.1 Å². The lowest BCUT2D eigenvalue weighted by atomic mass is 10.0. The van der Waals surface area contributed by atoms with Gasteiger partial charge in [0.15, 0.2) is 5.96 Å². The molecule has 1 atom stereocenters. The summed E-state index contributed by atoms with van der Waals surface area (Å²) in [4.78, 5) is 10.6. The van der Waals surface area contributed by atoms with Crippen molar-refractivity contribution < 1.29 is 4.74 Å². The molecular weight excluding hydrogens is 356 g/mol. The fraction of sp³-hybridized carbons (Fsp3) is 0.476. The highest BCUT2D eigenvalue weighted by atomic mass is 32.1. The Bertz CT molecular complexity index is 683. The van der Waals surface area contributed by atoms with Gasteiger partial charge in [0, 0.05) is 45.2 Å². The zero-order valence-electron chi connectivity index (χ0n) is 16.3. The van der Waals surface area contributed by atoms with Crippen LogP contribution in [0.25, 0.3) is 0 Å². The van der Waals surface area contributed by atoms with Crippen molar-refractivity contribution in [3.05, 3.63) is 58.3 Å². The molecule has 2 aromatic rings. The van der Waals surface area contributed by atoms with Gasteiger partial charge < -0.3 is 15.0 Å². The summed E-state index contributed by atoms with van der Waals surface area (Å²) in [5, 5.41) is 5.73. The van der Waals surface area contributed by atoms with Crippen LogP contribution in [0.4, 0.5) is 0 Å². The minimum atomic E-state index is 0.317. The number of benzene rings is 1. The molecule has 1 saturated heterocycles. The number of likely N-dealkylation sites (N-methyl/N-ethyl adjacent to an activating group) is 1. The molecule has 1 fully saturated rings. The molecule has 0 amide bonds. The maximum Gasteiger partial charge on any atom is 0.193 e. The van der Waals surface area contributed by atoms with Crippen LogP contribution in [0.2, 0.25) is 0 Å². The second kappa shape index (κ2) is 10.4. The minimum Gasteiger partial charge on any atom is -0.379 e. The molecule has 1 aromatic heterocycles. The SMILES string of the molecule is CN=C(NCC(c1ccccc1)N1CCOCC1)N(C)CCc1cccs1. The molecule has 1 aromatic carbocycles. The molecule has 146 valence electrons. The molecule has 0 aliphatic carbocycles. The van der Waals surface area contributed by atoms with Crippen LogP contribution in [0, 0.1) is 0 Å². The van der Waals surface area contributed by atoms with Crippen molar-refractivity contribution in [1.29, 1.82) is 0 Å². The topological polar surface area (TPSA) is 40.1 Å². The van der Waals surface area contributed by atoms with Crippen molar-refractivity contribution in [3.8, 4) is 0 Å². The van der Waals surface area contributed by atoms with Crippen molar-refractivity contribution in [2.75, 3.05) is 53.5 Å². The smallest absolute Gasteiger partial charge is 0.193 e. The summed E-state index contributed by atoms with van der Waals surface area (Å²) in [7, 11) is 3.96. The van der Waals surface area contributed by atoms with Crippen LogP contribution in [0.5, 0.6) is 0 Å². The largest absolute Gasteiger partial charge is 0.379 e. The van der Waals surface area contributed by atoms with Gasteiger partial charge in [0.2, 0.25) is 0 Å². The van der Waals surface area contributed by atoms with Gasteiger partial charge in [-0.15, -0.1) is 11.3 Å². The Morgan fingerprint density at radius 3 is 2.67 bits per heavy atom. The first-order valence-corrected chi connectivity index (χ1v) is 10.5. The third-order valence-corrected chi connectivity index (χ3v) is 5.91. The molecule has 6 heteroatoms. The van der Waals surface area contributed by atoms with E-state index in [1.807, 2.05) is 18.4 Å². The number of guanidine groups is 1. The number of hydrogen-bond acceptors (Lipinski definition) is 4. The fourth-order valence-corrected chi connectivity index (χ4v) is 4.13. The summed E-state index contributed by atoms with van der Waals surface area (Å²) in [6.45, 7) is 5.33. The van der Waals surface area contributed by atoms with E-state index in [0.717, 1.165) is 51.8 Å². The predicted molar refractivity (Wildman–Crippen MR) is 114 cm³/mol. The van der Waals surface area contributed by atoms with E-state index in [9.17, 15) is 0 Å². The minimum absolute atomic E-state index is 0.317. The second-order valence-corrected chi connectivity index (χ2v) is 7.79. The van der Waals surface area contributed by atoms with E-state index in [1.165, 1.54) is 10.4 Å². The van der Waals surface area contributed by atoms with Crippen LogP contribution in [-0.2, 0) is 11.2 Å². The fourth-order valence-electron chi connectivity index (χ4n) is 3.43. The molecule has 0 bridgehead atoms. The molecule has 1 aliphatic rings. The van der Waals surface area contributed by atoms with Gasteiger partial charge in [-0.05, 0) is 23.4 Å². The average Bonchev–Trinajstić information content (AvgIpc) is 3.24. The molecule has 1 aliphatic heterocycles. The van der Waals surface area contributed by atoms with E-state index in [2.05, 4.69) is 75.0 Å². The molecule has 0 radical (unpaired) electrons. The maximum absolute atomic E-state index is 5.55. The van der Waals surface area contributed by atoms with Gasteiger partial charge >= 0.3 is 0 Å². The Labute approximate surface area is 166 Å². The molecule has 1 unspecified atom stereocenters. The number of nitrogens with one attached hydrogen (secondary N) is 1. The number of nitrogens with zero attached hydrogens (tertiary/aromatic N) is 3. The van der Waals surface area contributed by atoms with Crippen molar-refractivity contribution in [3.63, 3.8) is 0 Å². The zero-order valence-corrected chi connectivity index (χ0v) is 17.1. The second-order valence-electron chi connectivity index (χ2n) is 6.75. The average molecular weight is 387 g/mol. The summed E-state index contributed by atoms with van der Waals surface area (Å²) in [5.74, 6) is 0.945. The highest BCUT2D eigenvalue weighted by molar-refractivity contribution is 7.09. The Balaban J connectivity index is 1.60. The van der Waals surface area contributed by atoms with Gasteiger partial charge in [-0.2, -0.15) is 0 Å². The van der Waals surface area contributed by atoms with E-state index >= 15 is 0 Å². The van der Waals surface area contributed by atoms with Gasteiger partial charge in [0.1, 0.15) is 0 Å². The number of morpholine rings is 1. The van der Waals surface area contributed by atoms with Crippen molar-refractivity contribution in [2.45, 2.75) is 12.5 Å². The third-order valence-electron chi connectivity index (χ3n) is 4.97. The summed E-state index contributed by atoms with van der Waals surface area (Å²) in [6, 6.07) is 15.4. The van der Waals surface area contributed by atoms with Gasteiger partial charge in [0.05, 0.1) is 19.3 Å². The van der Waals surface area contributed by atoms with Gasteiger partial charge in [-0.1, -0.05) is 36.4 Å². The lowest BCUT2D eigenvalue weighted by Gasteiger charge is -2.35. The number of thiophene rings is 1. The normalized spacial score (nSPS) is 16.9. The molecule has 1 N–H and O–H groups in total. The summed E-state index contributed by atoms with van der Waals surface area (Å²) in [6.07, 6.45) is 1.04. The van der Waals surface area contributed by atoms with Crippen LogP contribution in [0.3, 0.4) is 0 Å². The van der Waals surface area contributed by atoms with Gasteiger partial charge in [0.25, 0.3) is 0 Å². The first-order valence-electron chi connectivity index (χ1n) is 9.59. The van der Waals surface area contributed by atoms with Crippen molar-refractivity contribution in [2.24, 2.45) is 4.99 Å². The predicted octanol–water partition coefficient (Wildman–Crippen LogP) is 2.87. The molecule has 0 saturated carbocycles. The molecule has 0 spiro atoms. The monoisotopic (exact) mass is 386 g/mol. The van der Waals surface area contributed by atoms with E-state index < -0.39 is 0 Å². The van der Waals surface area contributed by atoms with E-state index in [4.69, 9.17) is 4.74 Å². The van der Waals surface area contributed by atoms with Crippen LogP contribution >= 0.6 is 11.3 Å². The highest BCUT2D eigenvalue weighted by Gasteiger charge is 2.23. The van der Waals surface area contributed by atoms with Crippen molar-refractivity contribution >= 4 is 17.3 Å². The first-order chi connectivity index (χ1) is 13.3. The quantitative estimate of drug-likeness (QED) is 0.587. The van der Waals surface area contributed by atoms with Crippen LogP contribution in [-0.4, -0.2) is 69.2 Å². The van der Waals surface area contributed by atoms with E-state index in [0.29, 0.717) is 6.04 Å². The highest BCUT2D eigenvalue weighted by Crippen LogP contribution is 2.21. The van der Waals surface area contributed by atoms with Crippen LogP contribution in [0.15, 0.2) is 52.8 Å². The summed E-state index contributed by atoms with van der Waals surface area (Å²) < 4.78 is 5.55. The number of hydrogen-bond donors (Lipinski definition) is 1. The molecule has 27 heavy (non-hydrogen) atoms. The Morgan fingerprint density at radius 1 is 1.22 bits per heavy atom. The Morgan fingerprint density at radius 2 is 2.00 bits per heavy atom. The lowest BCUT2D eigenvalue weighted by Crippen LogP contribution is -2.47. The van der Waals surface area contributed by atoms with E-state index in [1.54, 1.807) is 0 Å². The standard InChI is InChI=1S/C21H30N4OS/c1-22-21(24(2)11-10-19-9-6-16-27-19)23-17-20(18-7-4-3-5-8-18)25-12-14-26-15-13-25/h3-9,16,20H,10-15,17H2,1-2H3,(H,22,23). The van der Waals surface area contributed by atoms with Crippen LogP contribution < -0.4 is 5.32 Å².